The number of imidazole rings is 2. The van der Waals surface area contributed by atoms with E-state index in [0.29, 0.717) is 28.3 Å². The Bertz CT molecular complexity index is 1100. The van der Waals surface area contributed by atoms with Crippen molar-refractivity contribution < 1.29 is 8.78 Å². The number of nitrogens with zero attached hydrogens (tertiary/aromatic N) is 6. The maximum Gasteiger partial charge on any atom is 0.162 e. The van der Waals surface area contributed by atoms with Gasteiger partial charge in [0.1, 0.15) is 24.3 Å². The summed E-state index contributed by atoms with van der Waals surface area (Å²) in [7, 11) is 0. The average Bonchev–Trinajstić information content (AvgIpc) is 3.29. The molecule has 3 aromatic rings. The maximum atomic E-state index is 13.4. The Morgan fingerprint density at radius 2 is 2.15 bits per heavy atom. The van der Waals surface area contributed by atoms with Gasteiger partial charge in [-0.1, -0.05) is 18.7 Å². The van der Waals surface area contributed by atoms with E-state index in [4.69, 9.17) is 0 Å². The van der Waals surface area contributed by atoms with Gasteiger partial charge >= 0.3 is 0 Å². The fourth-order valence-corrected chi connectivity index (χ4v) is 2.58. The first-order chi connectivity index (χ1) is 13.1. The van der Waals surface area contributed by atoms with Gasteiger partial charge in [-0.25, -0.2) is 23.3 Å². The molecule has 0 saturated carbocycles. The van der Waals surface area contributed by atoms with E-state index in [1.54, 1.807) is 23.6 Å². The molecule has 6 nitrogen and oxygen atoms in total. The number of halogens is 2. The fraction of sp³-hybridized carbons (Fsp3) is 0.158. The van der Waals surface area contributed by atoms with Crippen LogP contribution in [0.2, 0.25) is 0 Å². The smallest absolute Gasteiger partial charge is 0.162 e. The van der Waals surface area contributed by atoms with Crippen LogP contribution < -0.4 is 0 Å². The van der Waals surface area contributed by atoms with Crippen LogP contribution in [0.1, 0.15) is 18.3 Å². The normalized spacial score (nSPS) is 12.0. The Kier molecular flexibility index (Phi) is 5.22. The molecule has 3 heterocycles. The molecule has 0 bridgehead atoms. The van der Waals surface area contributed by atoms with Crippen LogP contribution in [0.5, 0.6) is 0 Å². The number of nitriles is 1. The molecule has 0 spiro atoms. The van der Waals surface area contributed by atoms with Crippen molar-refractivity contribution in [2.75, 3.05) is 6.67 Å². The lowest BCUT2D eigenvalue weighted by atomic mass is 10.1. The second-order valence-corrected chi connectivity index (χ2v) is 5.60. The number of alkyl halides is 1. The first-order valence-electron chi connectivity index (χ1n) is 8.14. The van der Waals surface area contributed by atoms with Crippen molar-refractivity contribution in [1.82, 2.24) is 24.1 Å². The number of hydrogen-bond acceptors (Lipinski definition) is 4. The first-order valence-corrected chi connectivity index (χ1v) is 8.14. The molecule has 27 heavy (non-hydrogen) atoms. The van der Waals surface area contributed by atoms with Crippen molar-refractivity contribution >= 4 is 11.2 Å². The number of rotatable bonds is 6. The molecule has 0 fully saturated rings. The Balaban J connectivity index is 2.13. The van der Waals surface area contributed by atoms with E-state index >= 15 is 0 Å². The standard InChI is InChI=1S/C19H16F2N6/c1-3-14(21)5-4-13(2)18-19(26(9-8-20)12-24-18)16-6-7-17-23-11-15(10-22)27(17)25-16/h3-7,11-12H,2,8-9H2,1H3/b5-4-,14-3+. The molecule has 0 N–H and O–H groups in total. The fourth-order valence-electron chi connectivity index (χ4n) is 2.58. The van der Waals surface area contributed by atoms with Crippen LogP contribution >= 0.6 is 0 Å². The van der Waals surface area contributed by atoms with Crippen molar-refractivity contribution in [3.05, 3.63) is 66.7 Å². The summed E-state index contributed by atoms with van der Waals surface area (Å²) < 4.78 is 29.4. The Labute approximate surface area is 154 Å². The van der Waals surface area contributed by atoms with Crippen LogP contribution in [0.25, 0.3) is 22.6 Å². The van der Waals surface area contributed by atoms with E-state index < -0.39 is 12.5 Å². The number of aryl methyl sites for hydroxylation is 1. The predicted molar refractivity (Wildman–Crippen MR) is 97.9 cm³/mol. The monoisotopic (exact) mass is 366 g/mol. The lowest BCUT2D eigenvalue weighted by Crippen LogP contribution is -2.05. The van der Waals surface area contributed by atoms with E-state index in [9.17, 15) is 14.0 Å². The van der Waals surface area contributed by atoms with Crippen LogP contribution in [-0.2, 0) is 6.54 Å². The second-order valence-electron chi connectivity index (χ2n) is 5.60. The summed E-state index contributed by atoms with van der Waals surface area (Å²) in [5, 5.41) is 13.6. The minimum Gasteiger partial charge on any atom is -0.326 e. The molecule has 0 amide bonds. The highest BCUT2D eigenvalue weighted by Crippen LogP contribution is 2.27. The van der Waals surface area contributed by atoms with Gasteiger partial charge in [-0.2, -0.15) is 10.4 Å². The van der Waals surface area contributed by atoms with Gasteiger partial charge in [0, 0.05) is 0 Å². The van der Waals surface area contributed by atoms with Crippen LogP contribution in [0, 0.1) is 11.3 Å². The molecule has 0 aliphatic carbocycles. The van der Waals surface area contributed by atoms with Crippen molar-refractivity contribution in [2.45, 2.75) is 13.5 Å². The Morgan fingerprint density at radius 3 is 2.85 bits per heavy atom. The zero-order valence-corrected chi connectivity index (χ0v) is 14.6. The third-order valence-electron chi connectivity index (χ3n) is 3.91. The summed E-state index contributed by atoms with van der Waals surface area (Å²) in [6, 6.07) is 5.43. The van der Waals surface area contributed by atoms with Gasteiger partial charge in [-0.15, -0.1) is 0 Å². The van der Waals surface area contributed by atoms with Gasteiger partial charge in [0.2, 0.25) is 0 Å². The highest BCUT2D eigenvalue weighted by molar-refractivity contribution is 5.80. The number of aromatic nitrogens is 5. The van der Waals surface area contributed by atoms with Gasteiger partial charge < -0.3 is 4.57 Å². The van der Waals surface area contributed by atoms with Crippen LogP contribution in [0.15, 0.2) is 55.3 Å². The highest BCUT2D eigenvalue weighted by atomic mass is 19.1. The predicted octanol–water partition coefficient (Wildman–Crippen LogP) is 3.88. The first kappa shape index (κ1) is 18.2. The number of hydrogen-bond donors (Lipinski definition) is 0. The van der Waals surface area contributed by atoms with Gasteiger partial charge in [0.15, 0.2) is 11.3 Å². The summed E-state index contributed by atoms with van der Waals surface area (Å²) in [5.74, 6) is -0.405. The molecule has 0 radical (unpaired) electrons. The van der Waals surface area contributed by atoms with Crippen LogP contribution in [0.4, 0.5) is 8.78 Å². The molecule has 8 heteroatoms. The van der Waals surface area contributed by atoms with E-state index in [2.05, 4.69) is 21.6 Å². The van der Waals surface area contributed by atoms with Crippen molar-refractivity contribution in [3.8, 4) is 17.5 Å². The molecule has 3 rings (SSSR count). The maximum absolute atomic E-state index is 13.4. The molecule has 0 aliphatic heterocycles. The molecule has 3 aromatic heterocycles. The summed E-state index contributed by atoms with van der Waals surface area (Å²) >= 11 is 0. The van der Waals surface area contributed by atoms with Gasteiger partial charge in [0.05, 0.1) is 30.5 Å². The molecule has 0 atom stereocenters. The topological polar surface area (TPSA) is 71.8 Å². The summed E-state index contributed by atoms with van der Waals surface area (Å²) in [4.78, 5) is 8.40. The SMILES string of the molecule is C=C(/C=C\C(F)=C/C)c1ncn(CCF)c1-c1ccc2ncc(C#N)n2n1. The third-order valence-corrected chi connectivity index (χ3v) is 3.91. The molecule has 0 aliphatic rings. The van der Waals surface area contributed by atoms with E-state index in [1.807, 2.05) is 6.07 Å². The molecule has 0 aromatic carbocycles. The van der Waals surface area contributed by atoms with Crippen LogP contribution in [-0.4, -0.2) is 30.8 Å². The number of fused-ring (bicyclic) bond motifs is 1. The van der Waals surface area contributed by atoms with Crippen molar-refractivity contribution in [1.29, 1.82) is 5.26 Å². The second kappa shape index (κ2) is 7.74. The molecule has 0 saturated heterocycles. The Morgan fingerprint density at radius 1 is 1.33 bits per heavy atom. The van der Waals surface area contributed by atoms with E-state index in [1.165, 1.54) is 35.3 Å². The zero-order chi connectivity index (χ0) is 19.4. The van der Waals surface area contributed by atoms with E-state index in [0.717, 1.165) is 0 Å². The van der Waals surface area contributed by atoms with E-state index in [-0.39, 0.29) is 12.2 Å². The molecular weight excluding hydrogens is 350 g/mol. The quantitative estimate of drug-likeness (QED) is 0.621. The molecule has 0 unspecified atom stereocenters. The lowest BCUT2D eigenvalue weighted by Gasteiger charge is -2.09. The van der Waals surface area contributed by atoms with Gasteiger partial charge in [-0.3, -0.25) is 0 Å². The van der Waals surface area contributed by atoms with Crippen molar-refractivity contribution in [2.24, 2.45) is 0 Å². The third kappa shape index (κ3) is 3.53. The van der Waals surface area contributed by atoms with Crippen molar-refractivity contribution in [3.63, 3.8) is 0 Å². The van der Waals surface area contributed by atoms with Gasteiger partial charge in [-0.05, 0) is 30.7 Å². The summed E-state index contributed by atoms with van der Waals surface area (Å²) in [6.07, 6.45) is 7.01. The Hall–Kier alpha value is -3.60. The summed E-state index contributed by atoms with van der Waals surface area (Å²) in [5.41, 5.74) is 2.70. The van der Waals surface area contributed by atoms with Gasteiger partial charge in [0.25, 0.3) is 0 Å². The largest absolute Gasteiger partial charge is 0.326 e. The zero-order valence-electron chi connectivity index (χ0n) is 14.6. The number of allylic oxidation sites excluding steroid dienone is 5. The summed E-state index contributed by atoms with van der Waals surface area (Å²) in [6.45, 7) is 5.00. The lowest BCUT2D eigenvalue weighted by molar-refractivity contribution is 0.447. The average molecular weight is 366 g/mol. The highest BCUT2D eigenvalue weighted by Gasteiger charge is 2.17. The molecular formula is C19H16F2N6. The van der Waals surface area contributed by atoms with Crippen LogP contribution in [0.3, 0.4) is 0 Å². The molecule has 136 valence electrons. The minimum absolute atomic E-state index is 0.0807. The minimum atomic E-state index is -0.588.